The second-order valence-corrected chi connectivity index (χ2v) is 7.83. The van der Waals surface area contributed by atoms with Gasteiger partial charge in [0.25, 0.3) is 0 Å². The minimum absolute atomic E-state index is 0.108. The predicted molar refractivity (Wildman–Crippen MR) is 110 cm³/mol. The van der Waals surface area contributed by atoms with Gasteiger partial charge in [-0.2, -0.15) is 8.42 Å². The van der Waals surface area contributed by atoms with Crippen molar-refractivity contribution < 1.29 is 17.3 Å². The molecule has 0 saturated heterocycles. The molecule has 0 bridgehead atoms. The van der Waals surface area contributed by atoms with Crippen molar-refractivity contribution in [2.75, 3.05) is 7.11 Å². The number of nitrogens with zero attached hydrogens (tertiary/aromatic N) is 1. The van der Waals surface area contributed by atoms with Gasteiger partial charge in [0.15, 0.2) is 11.5 Å². The molecular formula is C22H21NO4S. The molecule has 0 atom stereocenters. The standard InChI is InChI=1S/C22H21NO4S/c1-16-7-11-20(14-17(16)2)28(24,25)27-21-12-9-18(15-22(21)26-3)8-10-19-6-4-5-13-23-19/h4-15H,1-3H3/b10-8+. The van der Waals surface area contributed by atoms with E-state index in [0.717, 1.165) is 22.4 Å². The molecule has 5 nitrogen and oxygen atoms in total. The summed E-state index contributed by atoms with van der Waals surface area (Å²) in [6.07, 6.45) is 5.45. The molecule has 28 heavy (non-hydrogen) atoms. The molecule has 3 aromatic rings. The zero-order chi connectivity index (χ0) is 20.1. The highest BCUT2D eigenvalue weighted by molar-refractivity contribution is 7.87. The van der Waals surface area contributed by atoms with E-state index in [1.54, 1.807) is 36.5 Å². The minimum Gasteiger partial charge on any atom is -0.493 e. The Morgan fingerprint density at radius 1 is 0.893 bits per heavy atom. The highest BCUT2D eigenvalue weighted by Gasteiger charge is 2.19. The zero-order valence-electron chi connectivity index (χ0n) is 15.9. The Hall–Kier alpha value is -3.12. The summed E-state index contributed by atoms with van der Waals surface area (Å²) in [4.78, 5) is 4.34. The molecule has 1 heterocycles. The Morgan fingerprint density at radius 2 is 1.71 bits per heavy atom. The number of benzene rings is 2. The molecule has 0 saturated carbocycles. The SMILES string of the molecule is COc1cc(/C=C/c2ccccn2)ccc1OS(=O)(=O)c1ccc(C)c(C)c1. The van der Waals surface area contributed by atoms with Gasteiger partial charge in [-0.1, -0.05) is 24.3 Å². The lowest BCUT2D eigenvalue weighted by atomic mass is 10.1. The monoisotopic (exact) mass is 395 g/mol. The molecule has 0 amide bonds. The maximum Gasteiger partial charge on any atom is 0.339 e. The minimum atomic E-state index is -3.96. The van der Waals surface area contributed by atoms with Crippen molar-refractivity contribution in [1.29, 1.82) is 0 Å². The highest BCUT2D eigenvalue weighted by atomic mass is 32.2. The largest absolute Gasteiger partial charge is 0.493 e. The molecule has 0 aliphatic carbocycles. The Balaban J connectivity index is 1.86. The third-order valence-electron chi connectivity index (χ3n) is 4.29. The zero-order valence-corrected chi connectivity index (χ0v) is 16.7. The van der Waals surface area contributed by atoms with Gasteiger partial charge in [-0.3, -0.25) is 4.98 Å². The maximum absolute atomic E-state index is 12.6. The Bertz CT molecular complexity index is 1110. The first kappa shape index (κ1) is 19.6. The van der Waals surface area contributed by atoms with Gasteiger partial charge in [-0.15, -0.1) is 0 Å². The van der Waals surface area contributed by atoms with Crippen LogP contribution >= 0.6 is 0 Å². The normalized spacial score (nSPS) is 11.5. The molecular weight excluding hydrogens is 374 g/mol. The van der Waals surface area contributed by atoms with Crippen LogP contribution in [0, 0.1) is 13.8 Å². The third kappa shape index (κ3) is 4.58. The third-order valence-corrected chi connectivity index (χ3v) is 5.52. The first-order valence-electron chi connectivity index (χ1n) is 8.68. The van der Waals surface area contributed by atoms with Gasteiger partial charge in [-0.05, 0) is 73.0 Å². The molecule has 0 fully saturated rings. The summed E-state index contributed by atoms with van der Waals surface area (Å²) in [5.74, 6) is 0.464. The lowest BCUT2D eigenvalue weighted by Crippen LogP contribution is -2.11. The number of aryl methyl sites for hydroxylation is 2. The number of rotatable bonds is 6. The second-order valence-electron chi connectivity index (χ2n) is 6.28. The van der Waals surface area contributed by atoms with Crippen molar-refractivity contribution in [3.63, 3.8) is 0 Å². The van der Waals surface area contributed by atoms with Gasteiger partial charge in [0.1, 0.15) is 4.90 Å². The van der Waals surface area contributed by atoms with Crippen LogP contribution in [0.25, 0.3) is 12.2 Å². The number of methoxy groups -OCH3 is 1. The van der Waals surface area contributed by atoms with Crippen molar-refractivity contribution >= 4 is 22.3 Å². The van der Waals surface area contributed by atoms with Gasteiger partial charge in [0, 0.05) is 6.20 Å². The fourth-order valence-electron chi connectivity index (χ4n) is 2.55. The molecule has 2 aromatic carbocycles. The van der Waals surface area contributed by atoms with E-state index in [-0.39, 0.29) is 10.6 Å². The lowest BCUT2D eigenvalue weighted by molar-refractivity contribution is 0.390. The topological polar surface area (TPSA) is 65.5 Å². The molecule has 0 aliphatic rings. The fraction of sp³-hybridized carbons (Fsp3) is 0.136. The van der Waals surface area contributed by atoms with Crippen molar-refractivity contribution in [1.82, 2.24) is 4.98 Å². The van der Waals surface area contributed by atoms with Gasteiger partial charge in [-0.25, -0.2) is 0 Å². The van der Waals surface area contributed by atoms with Crippen molar-refractivity contribution in [3.05, 3.63) is 83.2 Å². The molecule has 3 rings (SSSR count). The van der Waals surface area contributed by atoms with Crippen molar-refractivity contribution in [3.8, 4) is 11.5 Å². The summed E-state index contributed by atoms with van der Waals surface area (Å²) < 4.78 is 35.9. The van der Waals surface area contributed by atoms with E-state index in [1.165, 1.54) is 13.2 Å². The Labute approximate surface area is 165 Å². The number of hydrogen-bond donors (Lipinski definition) is 0. The van der Waals surface area contributed by atoms with E-state index in [0.29, 0.717) is 5.75 Å². The van der Waals surface area contributed by atoms with Crippen LogP contribution in [-0.4, -0.2) is 20.5 Å². The van der Waals surface area contributed by atoms with E-state index in [4.69, 9.17) is 8.92 Å². The summed E-state index contributed by atoms with van der Waals surface area (Å²) in [5, 5.41) is 0. The van der Waals surface area contributed by atoms with Crippen LogP contribution in [0.1, 0.15) is 22.4 Å². The molecule has 0 spiro atoms. The van der Waals surface area contributed by atoms with Crippen LogP contribution in [0.3, 0.4) is 0 Å². The average Bonchev–Trinajstić information content (AvgIpc) is 2.69. The van der Waals surface area contributed by atoms with Gasteiger partial charge >= 0.3 is 10.1 Å². The van der Waals surface area contributed by atoms with E-state index in [1.807, 2.05) is 44.2 Å². The summed E-state index contributed by atoms with van der Waals surface area (Å²) in [6.45, 7) is 3.78. The van der Waals surface area contributed by atoms with E-state index < -0.39 is 10.1 Å². The van der Waals surface area contributed by atoms with Crippen LogP contribution in [0.5, 0.6) is 11.5 Å². The summed E-state index contributed by atoms with van der Waals surface area (Å²) in [6, 6.07) is 15.6. The van der Waals surface area contributed by atoms with Crippen LogP contribution in [0.4, 0.5) is 0 Å². The average molecular weight is 395 g/mol. The van der Waals surface area contributed by atoms with E-state index in [2.05, 4.69) is 4.98 Å². The van der Waals surface area contributed by atoms with Crippen LogP contribution in [0.2, 0.25) is 0 Å². The number of pyridine rings is 1. The van der Waals surface area contributed by atoms with Crippen molar-refractivity contribution in [2.24, 2.45) is 0 Å². The smallest absolute Gasteiger partial charge is 0.339 e. The molecule has 1 aromatic heterocycles. The predicted octanol–water partition coefficient (Wildman–Crippen LogP) is 4.65. The van der Waals surface area contributed by atoms with Crippen LogP contribution < -0.4 is 8.92 Å². The summed E-state index contributed by atoms with van der Waals surface area (Å²) in [7, 11) is -2.49. The van der Waals surface area contributed by atoms with E-state index >= 15 is 0 Å². The molecule has 144 valence electrons. The molecule has 0 radical (unpaired) electrons. The first-order valence-corrected chi connectivity index (χ1v) is 10.1. The molecule has 0 N–H and O–H groups in total. The second kappa shape index (κ2) is 8.27. The van der Waals surface area contributed by atoms with Gasteiger partial charge < -0.3 is 8.92 Å². The fourth-order valence-corrected chi connectivity index (χ4v) is 3.57. The van der Waals surface area contributed by atoms with E-state index in [9.17, 15) is 8.42 Å². The number of hydrogen-bond acceptors (Lipinski definition) is 5. The first-order chi connectivity index (χ1) is 13.4. The van der Waals surface area contributed by atoms with Crippen molar-refractivity contribution in [2.45, 2.75) is 18.7 Å². The molecule has 0 unspecified atom stereocenters. The summed E-state index contributed by atoms with van der Waals surface area (Å²) >= 11 is 0. The van der Waals surface area contributed by atoms with Crippen LogP contribution in [0.15, 0.2) is 65.7 Å². The quantitative estimate of drug-likeness (QED) is 0.569. The molecule has 0 aliphatic heterocycles. The Morgan fingerprint density at radius 3 is 2.39 bits per heavy atom. The van der Waals surface area contributed by atoms with Gasteiger partial charge in [0.05, 0.1) is 12.8 Å². The summed E-state index contributed by atoms with van der Waals surface area (Å²) in [5.41, 5.74) is 3.55. The Kier molecular flexibility index (Phi) is 5.80. The number of aromatic nitrogens is 1. The highest BCUT2D eigenvalue weighted by Crippen LogP contribution is 2.31. The van der Waals surface area contributed by atoms with Gasteiger partial charge in [0.2, 0.25) is 0 Å². The maximum atomic E-state index is 12.6. The van der Waals surface area contributed by atoms with Crippen LogP contribution in [-0.2, 0) is 10.1 Å². The lowest BCUT2D eigenvalue weighted by Gasteiger charge is -2.12. The number of ether oxygens (including phenoxy) is 1. The molecule has 6 heteroatoms.